The normalized spacial score (nSPS) is 33.7. The summed E-state index contributed by atoms with van der Waals surface area (Å²) in [4.78, 5) is 3.30. The van der Waals surface area contributed by atoms with Crippen molar-refractivity contribution < 1.29 is 35.4 Å². The van der Waals surface area contributed by atoms with E-state index in [1.54, 1.807) is 18.2 Å². The van der Waals surface area contributed by atoms with Crippen LogP contribution in [0.25, 0.3) is 0 Å². The Bertz CT molecular complexity index is 1580. The van der Waals surface area contributed by atoms with Gasteiger partial charge < -0.3 is 51.4 Å². The largest absolute Gasteiger partial charge is 0.504 e. The molecule has 50 heavy (non-hydrogen) atoms. The van der Waals surface area contributed by atoms with Crippen LogP contribution in [0.2, 0.25) is 0 Å². The van der Waals surface area contributed by atoms with Gasteiger partial charge in [0.15, 0.2) is 11.5 Å². The summed E-state index contributed by atoms with van der Waals surface area (Å²) in [6.45, 7) is 0.660. The van der Waals surface area contributed by atoms with Crippen molar-refractivity contribution in [2.45, 2.75) is 94.2 Å². The standard InChI is InChI=1S/C40H53N3O7/c41-37-22-28(15-18-43-37)31(23-29-5-3-17-42-29)30-12-14-34(47)39(49)40(30)50-36-21-27(11-13-32(36)45)26-10-9-25-8-7-24(16-19-44)4-1-2-6-33(46)38(25)35(48)20-26/h3,5,9-11,13,15,17,21-22,24-26,30-31,33-35,38-40,42-49H,1-2,4,6,12,14,16,18-20,23,41H2. The highest BCUT2D eigenvalue weighted by Crippen LogP contribution is 2.43. The number of benzene rings is 1. The number of ether oxygens (including phenoxy) is 1. The number of phenols is 1. The second-order valence-electron chi connectivity index (χ2n) is 14.5. The summed E-state index contributed by atoms with van der Waals surface area (Å²) in [5.74, 6) is 6.06. The second-order valence-corrected chi connectivity index (χ2v) is 14.5. The average molecular weight is 688 g/mol. The third-order valence-corrected chi connectivity index (χ3v) is 11.2. The van der Waals surface area contributed by atoms with Crippen molar-refractivity contribution in [3.8, 4) is 23.3 Å². The number of allylic oxidation sites excluding steroid dienone is 4. The Balaban J connectivity index is 1.29. The van der Waals surface area contributed by atoms with Crippen LogP contribution in [-0.4, -0.2) is 79.3 Å². The van der Waals surface area contributed by atoms with Gasteiger partial charge in [0, 0.05) is 54.6 Å². The number of H-pyrrole nitrogens is 1. The van der Waals surface area contributed by atoms with Gasteiger partial charge in [-0.2, -0.15) is 0 Å². The molecule has 1 aromatic carbocycles. The van der Waals surface area contributed by atoms with Gasteiger partial charge in [0.05, 0.1) is 24.1 Å². The van der Waals surface area contributed by atoms with Crippen LogP contribution < -0.4 is 15.8 Å². The van der Waals surface area contributed by atoms with Crippen molar-refractivity contribution in [2.75, 3.05) is 13.2 Å². The molecule has 1 saturated carbocycles. The smallest absolute Gasteiger partial charge is 0.161 e. The van der Waals surface area contributed by atoms with Crippen LogP contribution >= 0.6 is 0 Å². The van der Waals surface area contributed by atoms with E-state index < -0.39 is 36.4 Å². The highest BCUT2D eigenvalue weighted by Gasteiger charge is 2.44. The minimum Gasteiger partial charge on any atom is -0.504 e. The van der Waals surface area contributed by atoms with E-state index in [1.165, 1.54) is 0 Å². The summed E-state index contributed by atoms with van der Waals surface area (Å²) in [7, 11) is 0. The number of phenolic OH excluding ortho intramolecular Hbond substituents is 1. The lowest BCUT2D eigenvalue weighted by molar-refractivity contribution is -0.108. The van der Waals surface area contributed by atoms with E-state index in [9.17, 15) is 30.6 Å². The van der Waals surface area contributed by atoms with Crippen molar-refractivity contribution in [3.05, 3.63) is 83.5 Å². The first-order chi connectivity index (χ1) is 24.2. The first-order valence-electron chi connectivity index (χ1n) is 18.3. The van der Waals surface area contributed by atoms with Crippen molar-refractivity contribution in [1.29, 1.82) is 0 Å². The fourth-order valence-electron chi connectivity index (χ4n) is 8.44. The number of aliphatic hydroxyl groups excluding tert-OH is 5. The third kappa shape index (κ3) is 8.42. The zero-order valence-corrected chi connectivity index (χ0v) is 28.6. The predicted octanol–water partition coefficient (Wildman–Crippen LogP) is 3.36. The first kappa shape index (κ1) is 36.1. The van der Waals surface area contributed by atoms with Crippen molar-refractivity contribution >= 4 is 0 Å². The van der Waals surface area contributed by atoms with Gasteiger partial charge in [-0.3, -0.25) is 0 Å². The lowest BCUT2D eigenvalue weighted by Gasteiger charge is -2.42. The Morgan fingerprint density at radius 1 is 0.960 bits per heavy atom. The van der Waals surface area contributed by atoms with E-state index in [2.05, 4.69) is 28.2 Å². The summed E-state index contributed by atoms with van der Waals surface area (Å²) in [5.41, 5.74) is 9.05. The summed E-state index contributed by atoms with van der Waals surface area (Å²) in [6.07, 6.45) is 11.2. The molecule has 11 unspecified atom stereocenters. The fourth-order valence-corrected chi connectivity index (χ4v) is 8.44. The van der Waals surface area contributed by atoms with Crippen molar-refractivity contribution in [2.24, 2.45) is 35.3 Å². The van der Waals surface area contributed by atoms with Gasteiger partial charge in [-0.15, -0.1) is 0 Å². The molecule has 4 aliphatic rings. The van der Waals surface area contributed by atoms with E-state index in [4.69, 9.17) is 10.5 Å². The fraction of sp³-hybridized carbons (Fsp3) is 0.550. The number of fused-ring (bicyclic) bond motifs is 1. The van der Waals surface area contributed by atoms with Crippen molar-refractivity contribution in [3.63, 3.8) is 0 Å². The molecule has 2 aromatic rings. The van der Waals surface area contributed by atoms with Gasteiger partial charge in [0.25, 0.3) is 0 Å². The topological polar surface area (TPSA) is 184 Å². The number of hydrogen-bond acceptors (Lipinski definition) is 9. The molecular formula is C40H53N3O7. The summed E-state index contributed by atoms with van der Waals surface area (Å²) < 4.78 is 6.56. The van der Waals surface area contributed by atoms with E-state index in [-0.39, 0.29) is 47.7 Å². The molecule has 10 N–H and O–H groups in total. The van der Waals surface area contributed by atoms with Gasteiger partial charge in [-0.05, 0) is 92.3 Å². The van der Waals surface area contributed by atoms with Crippen molar-refractivity contribution in [1.82, 2.24) is 10.3 Å². The molecular weight excluding hydrogens is 634 g/mol. The minimum absolute atomic E-state index is 0.0773. The lowest BCUT2D eigenvalue weighted by Crippen LogP contribution is -2.52. The molecule has 1 aliphatic heterocycles. The van der Waals surface area contributed by atoms with Crippen LogP contribution in [0.15, 0.2) is 72.2 Å². The maximum absolute atomic E-state index is 11.6. The van der Waals surface area contributed by atoms with Crippen LogP contribution in [0, 0.1) is 41.4 Å². The summed E-state index contributed by atoms with van der Waals surface area (Å²) in [5, 5.41) is 68.7. The van der Waals surface area contributed by atoms with Gasteiger partial charge in [0.2, 0.25) is 0 Å². The van der Waals surface area contributed by atoms with Crippen LogP contribution in [0.4, 0.5) is 0 Å². The molecule has 10 heteroatoms. The third-order valence-electron chi connectivity index (χ3n) is 11.2. The Morgan fingerprint density at radius 2 is 1.80 bits per heavy atom. The van der Waals surface area contributed by atoms with Crippen LogP contribution in [0.1, 0.15) is 68.5 Å². The SMILES string of the molecule is NC1=CC(C(Cc2ccc[nH]2)C2CCC(O)C(O)C2Oc2cc(C3C=CC4C#CC(CCO)CCCCC(O)C4C(O)C3)ccc2O)=CCN1. The molecule has 0 spiro atoms. The maximum Gasteiger partial charge on any atom is 0.161 e. The number of rotatable bonds is 9. The quantitative estimate of drug-likeness (QED) is 0.141. The molecule has 270 valence electrons. The highest BCUT2D eigenvalue weighted by molar-refractivity contribution is 5.45. The van der Waals surface area contributed by atoms with Crippen LogP contribution in [-0.2, 0) is 6.42 Å². The van der Waals surface area contributed by atoms with Crippen LogP contribution in [0.5, 0.6) is 11.5 Å². The van der Waals surface area contributed by atoms with Gasteiger partial charge in [-0.25, -0.2) is 0 Å². The molecule has 11 atom stereocenters. The molecule has 0 radical (unpaired) electrons. The Kier molecular flexibility index (Phi) is 11.9. The zero-order valence-electron chi connectivity index (χ0n) is 28.6. The first-order valence-corrected chi connectivity index (χ1v) is 18.3. The number of nitrogens with two attached hydrogens (primary N) is 1. The predicted molar refractivity (Wildman–Crippen MR) is 191 cm³/mol. The number of dihydropyridines is 1. The number of aromatic nitrogens is 1. The van der Waals surface area contributed by atoms with Gasteiger partial charge in [0.1, 0.15) is 12.2 Å². The van der Waals surface area contributed by atoms with E-state index in [0.717, 1.165) is 36.1 Å². The molecule has 0 bridgehead atoms. The molecule has 10 nitrogen and oxygen atoms in total. The minimum atomic E-state index is -1.19. The molecule has 2 heterocycles. The maximum atomic E-state index is 11.6. The number of aromatic hydroxyl groups is 1. The number of hydrogen-bond donors (Lipinski definition) is 9. The van der Waals surface area contributed by atoms with E-state index >= 15 is 0 Å². The second kappa shape index (κ2) is 16.5. The number of aromatic amines is 1. The zero-order chi connectivity index (χ0) is 35.2. The average Bonchev–Trinajstić information content (AvgIpc) is 3.56. The summed E-state index contributed by atoms with van der Waals surface area (Å²) >= 11 is 0. The van der Waals surface area contributed by atoms with Gasteiger partial charge in [-0.1, -0.05) is 49.0 Å². The molecule has 1 aromatic heterocycles. The molecule has 0 saturated heterocycles. The van der Waals surface area contributed by atoms with E-state index in [0.29, 0.717) is 50.9 Å². The molecule has 3 aliphatic carbocycles. The Morgan fingerprint density at radius 3 is 2.58 bits per heavy atom. The van der Waals surface area contributed by atoms with Crippen LogP contribution in [0.3, 0.4) is 0 Å². The monoisotopic (exact) mass is 687 g/mol. The highest BCUT2D eigenvalue weighted by atomic mass is 16.5. The Labute approximate surface area is 294 Å². The van der Waals surface area contributed by atoms with E-state index in [1.807, 2.05) is 36.6 Å². The summed E-state index contributed by atoms with van der Waals surface area (Å²) in [6, 6.07) is 9.10. The Hall–Kier alpha value is -3.72. The van der Waals surface area contributed by atoms with Gasteiger partial charge >= 0.3 is 0 Å². The number of aliphatic hydroxyl groups is 5. The molecule has 1 fully saturated rings. The molecule has 6 rings (SSSR count). The number of nitrogens with one attached hydrogen (secondary N) is 2. The lowest BCUT2D eigenvalue weighted by atomic mass is 9.70. The molecule has 0 amide bonds.